The minimum absolute atomic E-state index is 0. The number of halogens is 3. The first-order valence-corrected chi connectivity index (χ1v) is 3.99. The molecular formula is C2H7BF3LiO7S. The van der Waals surface area contributed by atoms with Crippen molar-refractivity contribution in [3.05, 3.63) is 0 Å². The summed E-state index contributed by atoms with van der Waals surface area (Å²) >= 11 is 0. The maximum atomic E-state index is 10.4. The molecule has 0 atom stereocenters. The monoisotopic (exact) mass is 250 g/mol. The van der Waals surface area contributed by atoms with Crippen molar-refractivity contribution in [2.24, 2.45) is 0 Å². The van der Waals surface area contributed by atoms with Gasteiger partial charge in [-0.1, -0.05) is 13.6 Å². The molecule has 0 aliphatic carbocycles. The molecule has 7 nitrogen and oxygen atoms in total. The summed E-state index contributed by atoms with van der Waals surface area (Å²) in [4.78, 5) is 7.06. The molecule has 0 aromatic carbocycles. The van der Waals surface area contributed by atoms with Gasteiger partial charge in [-0.3, -0.25) is 8.37 Å². The molecule has 0 saturated heterocycles. The van der Waals surface area contributed by atoms with Crippen LogP contribution in [0.1, 0.15) is 0 Å². The summed E-state index contributed by atoms with van der Waals surface area (Å²) in [6.07, 6.45) is 0. The van der Waals surface area contributed by atoms with Crippen LogP contribution in [0.4, 0.5) is 13.6 Å². The first kappa shape index (κ1) is 20.6. The molecule has 0 bridgehead atoms. The molecule has 0 aliphatic heterocycles. The third-order valence-electron chi connectivity index (χ3n) is 0.626. The fraction of sp³-hybridized carbons (Fsp3) is 1.00. The van der Waals surface area contributed by atoms with Crippen LogP contribution in [-0.2, 0) is 33.3 Å². The summed E-state index contributed by atoms with van der Waals surface area (Å²) in [5.41, 5.74) is 0. The average molecular weight is 250 g/mol. The van der Waals surface area contributed by atoms with Crippen molar-refractivity contribution in [3.63, 3.8) is 0 Å². The van der Waals surface area contributed by atoms with Gasteiger partial charge in [0.1, 0.15) is 0 Å². The van der Waals surface area contributed by atoms with Gasteiger partial charge in [-0.25, -0.2) is 0 Å². The molecule has 0 radical (unpaired) electrons. The average Bonchev–Trinajstić information content (AvgIpc) is 2.21. The molecule has 13 heteroatoms. The molecule has 0 heterocycles. The van der Waals surface area contributed by atoms with E-state index >= 15 is 0 Å². The standard InChI is InChI=1S/C2H6O4S.BF3O3.Li.H/c1-5-7(3,4)6-2;2-5-1(6-3)7-4;;/h1-2H3;;;. The van der Waals surface area contributed by atoms with Gasteiger partial charge in [0.05, 0.1) is 14.2 Å². The molecule has 0 aromatic rings. The normalized spacial score (nSPS) is 9.67. The Hall–Kier alpha value is 0.202. The van der Waals surface area contributed by atoms with Gasteiger partial charge < -0.3 is 0 Å². The Morgan fingerprint density at radius 1 is 0.933 bits per heavy atom. The van der Waals surface area contributed by atoms with E-state index < -0.39 is 17.7 Å². The molecule has 0 saturated carbocycles. The van der Waals surface area contributed by atoms with Crippen molar-refractivity contribution < 1.29 is 44.9 Å². The zero-order valence-electron chi connectivity index (χ0n) is 6.98. The first-order chi connectivity index (χ1) is 6.47. The Morgan fingerprint density at radius 3 is 1.20 bits per heavy atom. The second-order valence-electron chi connectivity index (χ2n) is 1.30. The summed E-state index contributed by atoms with van der Waals surface area (Å²) in [5, 5.41) is 0. The van der Waals surface area contributed by atoms with Gasteiger partial charge in [-0.15, -0.1) is 0 Å². The first-order valence-electron chi connectivity index (χ1n) is 2.65. The van der Waals surface area contributed by atoms with Crippen LogP contribution in [0.25, 0.3) is 0 Å². The van der Waals surface area contributed by atoms with Crippen LogP contribution in [0.3, 0.4) is 0 Å². The topological polar surface area (TPSA) is 80.3 Å². The van der Waals surface area contributed by atoms with Crippen molar-refractivity contribution in [1.29, 1.82) is 0 Å². The predicted molar refractivity (Wildman–Crippen MR) is 42.4 cm³/mol. The zero-order chi connectivity index (χ0) is 11.6. The Labute approximate surface area is 96.1 Å². The molecular weight excluding hydrogens is 243 g/mol. The van der Waals surface area contributed by atoms with E-state index in [4.69, 9.17) is 0 Å². The van der Waals surface area contributed by atoms with E-state index in [0.717, 1.165) is 14.2 Å². The molecule has 0 unspecified atom stereocenters. The second-order valence-corrected chi connectivity index (χ2v) is 2.78. The fourth-order valence-corrected chi connectivity index (χ4v) is 0.245. The van der Waals surface area contributed by atoms with Crippen molar-refractivity contribution in [2.45, 2.75) is 0 Å². The van der Waals surface area contributed by atoms with E-state index in [1.807, 2.05) is 0 Å². The van der Waals surface area contributed by atoms with Crippen molar-refractivity contribution in [1.82, 2.24) is 0 Å². The van der Waals surface area contributed by atoms with Crippen LogP contribution in [0.2, 0.25) is 0 Å². The Morgan fingerprint density at radius 2 is 1.20 bits per heavy atom. The molecule has 0 fully saturated rings. The van der Waals surface area contributed by atoms with Gasteiger partial charge in [-0.2, -0.15) is 23.0 Å². The van der Waals surface area contributed by atoms with Crippen LogP contribution >= 0.6 is 0 Å². The third kappa shape index (κ3) is 14.2. The number of hydrogen-bond acceptors (Lipinski definition) is 7. The minimum atomic E-state index is -3.66. The van der Waals surface area contributed by atoms with Gasteiger partial charge >= 0.3 is 36.6 Å². The SMILES string of the molecule is COS(=O)(=O)OC.FOB(OF)OF.[LiH]. The third-order valence-corrected chi connectivity index (χ3v) is 1.44. The summed E-state index contributed by atoms with van der Waals surface area (Å²) < 4.78 is 58.8. The molecule has 0 aliphatic rings. The predicted octanol–water partition coefficient (Wildman–Crippen LogP) is -0.450. The quantitative estimate of drug-likeness (QED) is 0.611. The van der Waals surface area contributed by atoms with Crippen LogP contribution in [0.15, 0.2) is 0 Å². The Bertz CT molecular complexity index is 195. The molecule has 0 rings (SSSR count). The van der Waals surface area contributed by atoms with Crippen LogP contribution in [0, 0.1) is 0 Å². The van der Waals surface area contributed by atoms with E-state index in [-0.39, 0.29) is 18.9 Å². The molecule has 88 valence electrons. The molecule has 0 amide bonds. The summed E-state index contributed by atoms with van der Waals surface area (Å²) in [7, 11) is -4.12. The van der Waals surface area contributed by atoms with Gasteiger partial charge in [0.25, 0.3) is 0 Å². The summed E-state index contributed by atoms with van der Waals surface area (Å²) in [5.74, 6) is 0. The molecule has 0 N–H and O–H groups in total. The van der Waals surface area contributed by atoms with Crippen molar-refractivity contribution >= 4 is 36.6 Å². The second kappa shape index (κ2) is 12.3. The van der Waals surface area contributed by atoms with Crippen molar-refractivity contribution in [2.75, 3.05) is 14.2 Å². The summed E-state index contributed by atoms with van der Waals surface area (Å²) in [6, 6.07) is 0. The van der Waals surface area contributed by atoms with Gasteiger partial charge in [0.2, 0.25) is 0 Å². The van der Waals surface area contributed by atoms with Gasteiger partial charge in [-0.05, 0) is 0 Å². The Kier molecular flexibility index (Phi) is 16.8. The fourth-order valence-electron chi connectivity index (χ4n) is 0.109. The van der Waals surface area contributed by atoms with E-state index in [9.17, 15) is 22.0 Å². The van der Waals surface area contributed by atoms with E-state index in [1.165, 1.54) is 0 Å². The van der Waals surface area contributed by atoms with Crippen LogP contribution < -0.4 is 0 Å². The van der Waals surface area contributed by atoms with E-state index in [1.54, 1.807) is 0 Å². The Balaban J connectivity index is -0.000000180. The van der Waals surface area contributed by atoms with Gasteiger partial charge in [0, 0.05) is 0 Å². The molecule has 0 spiro atoms. The van der Waals surface area contributed by atoms with Crippen molar-refractivity contribution in [3.8, 4) is 0 Å². The maximum absolute atomic E-state index is 10.4. The van der Waals surface area contributed by atoms with Gasteiger partial charge in [0.15, 0.2) is 0 Å². The number of hydrogen-bond donors (Lipinski definition) is 0. The van der Waals surface area contributed by atoms with Crippen LogP contribution in [0.5, 0.6) is 0 Å². The summed E-state index contributed by atoms with van der Waals surface area (Å²) in [6.45, 7) is 0. The zero-order valence-corrected chi connectivity index (χ0v) is 7.79. The van der Waals surface area contributed by atoms with E-state index in [0.29, 0.717) is 0 Å². The number of rotatable bonds is 5. The molecule has 0 aromatic heterocycles. The van der Waals surface area contributed by atoms with E-state index in [2.05, 4.69) is 22.9 Å². The molecule has 15 heavy (non-hydrogen) atoms. The van der Waals surface area contributed by atoms with Crippen LogP contribution in [-0.4, -0.2) is 48.8 Å².